The molecule has 6 nitrogen and oxygen atoms in total. The van der Waals surface area contributed by atoms with Crippen molar-refractivity contribution in [1.29, 1.82) is 0 Å². The van der Waals surface area contributed by atoms with Crippen LogP contribution in [-0.4, -0.2) is 32.1 Å². The second-order valence-corrected chi connectivity index (χ2v) is 8.35. The van der Waals surface area contributed by atoms with Crippen molar-refractivity contribution in [3.63, 3.8) is 0 Å². The van der Waals surface area contributed by atoms with Gasteiger partial charge in [-0.25, -0.2) is 28.7 Å². The highest BCUT2D eigenvalue weighted by atomic mass is 79.9. The SMILES string of the molecule is CC#CC(C)Oc1cnc2c(Br)ncc(F)c2c1.CC#CC(C)Oc1cnc2c(Cl)ncc(F)c2c1. The predicted octanol–water partition coefficient (Wildman–Crippen LogP) is 6.53. The van der Waals surface area contributed by atoms with E-state index in [9.17, 15) is 8.78 Å². The molecule has 10 heteroatoms. The molecule has 4 heterocycles. The minimum atomic E-state index is -0.485. The molecule has 4 aromatic rings. The number of hydrogen-bond acceptors (Lipinski definition) is 6. The molecular formula is C26H20BrClF2N4O2. The standard InChI is InChI=1S/C13H10BrFN2O.C13H10ClFN2O/c2*1-3-4-8(2)18-9-5-10-11(15)7-17-13(14)12(10)16-6-9/h2*5-8H,1-2H3. The number of pyridine rings is 4. The number of hydrogen-bond donors (Lipinski definition) is 0. The van der Waals surface area contributed by atoms with Gasteiger partial charge in [-0.3, -0.25) is 0 Å². The molecule has 184 valence electrons. The summed E-state index contributed by atoms with van der Waals surface area (Å²) in [7, 11) is 0. The zero-order valence-electron chi connectivity index (χ0n) is 19.7. The van der Waals surface area contributed by atoms with Gasteiger partial charge in [0.15, 0.2) is 29.0 Å². The van der Waals surface area contributed by atoms with Crippen LogP contribution < -0.4 is 9.47 Å². The fourth-order valence-electron chi connectivity index (χ4n) is 3.07. The lowest BCUT2D eigenvalue weighted by Gasteiger charge is -2.09. The second-order valence-electron chi connectivity index (χ2n) is 7.24. The summed E-state index contributed by atoms with van der Waals surface area (Å²) >= 11 is 9.06. The second kappa shape index (κ2) is 12.4. The predicted molar refractivity (Wildman–Crippen MR) is 139 cm³/mol. The molecule has 0 aliphatic carbocycles. The van der Waals surface area contributed by atoms with E-state index in [1.807, 2.05) is 6.92 Å². The first-order chi connectivity index (χ1) is 17.2. The van der Waals surface area contributed by atoms with Gasteiger partial charge in [-0.2, -0.15) is 0 Å². The van der Waals surface area contributed by atoms with Crippen molar-refractivity contribution in [2.75, 3.05) is 0 Å². The van der Waals surface area contributed by atoms with Crippen LogP contribution in [-0.2, 0) is 0 Å². The Bertz CT molecular complexity index is 1410. The number of halogens is 4. The van der Waals surface area contributed by atoms with Crippen LogP contribution in [0.4, 0.5) is 8.78 Å². The van der Waals surface area contributed by atoms with E-state index >= 15 is 0 Å². The number of ether oxygens (including phenoxy) is 2. The first-order valence-corrected chi connectivity index (χ1v) is 11.8. The minimum absolute atomic E-state index is 0.166. The molecule has 0 spiro atoms. The first-order valence-electron chi connectivity index (χ1n) is 10.6. The first kappa shape index (κ1) is 27.1. The molecule has 0 radical (unpaired) electrons. The van der Waals surface area contributed by atoms with Crippen LogP contribution in [0, 0.1) is 35.3 Å². The molecule has 0 amide bonds. The Balaban J connectivity index is 0.000000201. The highest BCUT2D eigenvalue weighted by Gasteiger charge is 2.11. The third-order valence-electron chi connectivity index (χ3n) is 4.53. The van der Waals surface area contributed by atoms with Crippen LogP contribution in [0.1, 0.15) is 27.7 Å². The van der Waals surface area contributed by atoms with Gasteiger partial charge in [-0.15, -0.1) is 11.8 Å². The Morgan fingerprint density at radius 1 is 0.778 bits per heavy atom. The minimum Gasteiger partial charge on any atom is -0.476 e. The van der Waals surface area contributed by atoms with Crippen molar-refractivity contribution in [2.45, 2.75) is 39.9 Å². The number of fused-ring (bicyclic) bond motifs is 2. The maximum Gasteiger partial charge on any atom is 0.156 e. The van der Waals surface area contributed by atoms with Crippen LogP contribution in [0.15, 0.2) is 41.5 Å². The van der Waals surface area contributed by atoms with Gasteiger partial charge in [-0.1, -0.05) is 23.4 Å². The van der Waals surface area contributed by atoms with Crippen molar-refractivity contribution >= 4 is 49.3 Å². The van der Waals surface area contributed by atoms with Crippen LogP contribution in [0.25, 0.3) is 21.8 Å². The summed E-state index contributed by atoms with van der Waals surface area (Å²) in [6, 6.07) is 3.14. The lowest BCUT2D eigenvalue weighted by molar-refractivity contribution is 0.278. The van der Waals surface area contributed by atoms with Gasteiger partial charge >= 0.3 is 0 Å². The van der Waals surface area contributed by atoms with Gasteiger partial charge in [0.1, 0.15) is 27.1 Å². The zero-order chi connectivity index (χ0) is 26.2. The molecule has 0 fully saturated rings. The molecule has 0 aliphatic rings. The average molecular weight is 574 g/mol. The fraction of sp³-hybridized carbons (Fsp3) is 0.231. The summed E-state index contributed by atoms with van der Waals surface area (Å²) in [5.74, 6) is 11.2. The summed E-state index contributed by atoms with van der Waals surface area (Å²) < 4.78 is 38.7. The lowest BCUT2D eigenvalue weighted by atomic mass is 10.2. The summed E-state index contributed by atoms with van der Waals surface area (Å²) in [5, 5.41) is 0.814. The molecule has 0 saturated heterocycles. The summed E-state index contributed by atoms with van der Waals surface area (Å²) in [5.41, 5.74) is 0.787. The Hall–Kier alpha value is -3.53. The van der Waals surface area contributed by atoms with Crippen molar-refractivity contribution < 1.29 is 18.3 Å². The Morgan fingerprint density at radius 3 is 1.78 bits per heavy atom. The van der Waals surface area contributed by atoms with Crippen LogP contribution in [0.5, 0.6) is 11.5 Å². The van der Waals surface area contributed by atoms with E-state index in [0.29, 0.717) is 32.5 Å². The summed E-state index contributed by atoms with van der Waals surface area (Å²) in [6.45, 7) is 7.08. The van der Waals surface area contributed by atoms with Crippen molar-refractivity contribution in [1.82, 2.24) is 19.9 Å². The normalized spacial score (nSPS) is 11.8. The van der Waals surface area contributed by atoms with Gasteiger partial charge in [0, 0.05) is 10.8 Å². The Kier molecular flexibility index (Phi) is 9.35. The molecule has 2 unspecified atom stereocenters. The van der Waals surface area contributed by atoms with E-state index in [2.05, 4.69) is 59.5 Å². The van der Waals surface area contributed by atoms with E-state index in [1.54, 1.807) is 32.9 Å². The molecule has 0 saturated carbocycles. The van der Waals surface area contributed by atoms with Crippen LogP contribution in [0.3, 0.4) is 0 Å². The smallest absolute Gasteiger partial charge is 0.156 e. The maximum absolute atomic E-state index is 13.6. The molecule has 0 aliphatic heterocycles. The van der Waals surface area contributed by atoms with Crippen LogP contribution >= 0.6 is 27.5 Å². The van der Waals surface area contributed by atoms with Gasteiger partial charge in [0.25, 0.3) is 0 Å². The van der Waals surface area contributed by atoms with E-state index < -0.39 is 11.6 Å². The van der Waals surface area contributed by atoms with E-state index in [4.69, 9.17) is 21.1 Å². The largest absolute Gasteiger partial charge is 0.476 e. The van der Waals surface area contributed by atoms with E-state index in [0.717, 1.165) is 12.4 Å². The van der Waals surface area contributed by atoms with Gasteiger partial charge < -0.3 is 9.47 Å². The summed E-state index contributed by atoms with van der Waals surface area (Å²) in [4.78, 5) is 15.7. The molecule has 4 aromatic heterocycles. The van der Waals surface area contributed by atoms with Gasteiger partial charge in [-0.05, 0) is 55.8 Å². The Morgan fingerprint density at radius 2 is 1.25 bits per heavy atom. The molecule has 0 aromatic carbocycles. The van der Waals surface area contributed by atoms with Gasteiger partial charge in [0.2, 0.25) is 0 Å². The monoisotopic (exact) mass is 572 g/mol. The third kappa shape index (κ3) is 6.78. The number of aromatic nitrogens is 4. The molecular weight excluding hydrogens is 554 g/mol. The van der Waals surface area contributed by atoms with E-state index in [1.165, 1.54) is 12.4 Å². The number of rotatable bonds is 4. The molecule has 0 N–H and O–H groups in total. The average Bonchev–Trinajstić information content (AvgIpc) is 2.85. The third-order valence-corrected chi connectivity index (χ3v) is 5.39. The quantitative estimate of drug-likeness (QED) is 0.204. The fourth-order valence-corrected chi connectivity index (χ4v) is 3.69. The lowest BCUT2D eigenvalue weighted by Crippen LogP contribution is -2.08. The Labute approximate surface area is 220 Å². The van der Waals surface area contributed by atoms with Gasteiger partial charge in [0.05, 0.1) is 24.8 Å². The summed E-state index contributed by atoms with van der Waals surface area (Å²) in [6.07, 6.45) is 4.67. The number of nitrogens with zero attached hydrogens (tertiary/aromatic N) is 4. The maximum atomic E-state index is 13.6. The van der Waals surface area contributed by atoms with Crippen molar-refractivity contribution in [2.24, 2.45) is 0 Å². The molecule has 0 bridgehead atoms. The molecule has 36 heavy (non-hydrogen) atoms. The van der Waals surface area contributed by atoms with Crippen LogP contribution in [0.2, 0.25) is 5.15 Å². The highest BCUT2D eigenvalue weighted by Crippen LogP contribution is 2.26. The molecule has 2 atom stereocenters. The van der Waals surface area contributed by atoms with Crippen molar-refractivity contribution in [3.8, 4) is 35.2 Å². The highest BCUT2D eigenvalue weighted by molar-refractivity contribution is 9.10. The topological polar surface area (TPSA) is 70.0 Å². The molecule has 4 rings (SSSR count). The van der Waals surface area contributed by atoms with E-state index in [-0.39, 0.29) is 22.7 Å². The zero-order valence-corrected chi connectivity index (χ0v) is 22.1. The van der Waals surface area contributed by atoms with Crippen molar-refractivity contribution in [3.05, 3.63) is 58.3 Å².